The molecule has 1 aliphatic carbocycles. The molecule has 2 rings (SSSR count). The fraction of sp³-hybridized carbons (Fsp3) is 0.462. The molecule has 0 aliphatic heterocycles. The van der Waals surface area contributed by atoms with E-state index in [0.29, 0.717) is 5.02 Å². The molecule has 1 amide bonds. The summed E-state index contributed by atoms with van der Waals surface area (Å²) in [5, 5.41) is 3.27. The summed E-state index contributed by atoms with van der Waals surface area (Å²) in [6.45, 7) is 2.00. The quantitative estimate of drug-likeness (QED) is 0.860. The maximum absolute atomic E-state index is 13.5. The number of hydrogen-bond donors (Lipinski definition) is 1. The molecule has 4 heteroatoms. The molecule has 0 atom stereocenters. The fourth-order valence-electron chi connectivity index (χ4n) is 2.29. The smallest absolute Gasteiger partial charge is 0.254 e. The van der Waals surface area contributed by atoms with Gasteiger partial charge < -0.3 is 5.32 Å². The van der Waals surface area contributed by atoms with Crippen LogP contribution in [0.2, 0.25) is 5.02 Å². The molecule has 2 nitrogen and oxygen atoms in total. The number of hydrogen-bond acceptors (Lipinski definition) is 1. The first kappa shape index (κ1) is 12.4. The Balaban J connectivity index is 2.17. The van der Waals surface area contributed by atoms with Gasteiger partial charge in [0, 0.05) is 10.6 Å². The van der Waals surface area contributed by atoms with E-state index in [2.05, 4.69) is 5.32 Å². The third-order valence-corrected chi connectivity index (χ3v) is 3.53. The van der Waals surface area contributed by atoms with Crippen molar-refractivity contribution in [1.29, 1.82) is 0 Å². The van der Waals surface area contributed by atoms with Gasteiger partial charge in [0.1, 0.15) is 5.82 Å². The summed E-state index contributed by atoms with van der Waals surface area (Å²) in [5.41, 5.74) is -0.183. The monoisotopic (exact) mass is 255 g/mol. The van der Waals surface area contributed by atoms with E-state index in [-0.39, 0.29) is 17.0 Å². The van der Waals surface area contributed by atoms with Crippen molar-refractivity contribution in [2.75, 3.05) is 0 Å². The van der Waals surface area contributed by atoms with Crippen LogP contribution in [0.4, 0.5) is 4.39 Å². The Morgan fingerprint density at radius 3 is 2.71 bits per heavy atom. The second-order valence-electron chi connectivity index (χ2n) is 4.85. The zero-order valence-electron chi connectivity index (χ0n) is 9.72. The first-order valence-electron chi connectivity index (χ1n) is 5.78. The van der Waals surface area contributed by atoms with Crippen molar-refractivity contribution in [3.05, 3.63) is 34.6 Å². The molecule has 0 bridgehead atoms. The first-order chi connectivity index (χ1) is 8.00. The lowest BCUT2D eigenvalue weighted by Crippen LogP contribution is -2.43. The molecule has 1 aliphatic rings. The van der Waals surface area contributed by atoms with E-state index in [1.54, 1.807) is 0 Å². The molecule has 92 valence electrons. The molecule has 0 radical (unpaired) electrons. The van der Waals surface area contributed by atoms with Crippen LogP contribution in [0.3, 0.4) is 0 Å². The highest BCUT2D eigenvalue weighted by molar-refractivity contribution is 6.31. The van der Waals surface area contributed by atoms with Crippen molar-refractivity contribution in [3.8, 4) is 0 Å². The zero-order chi connectivity index (χ0) is 12.5. The molecule has 0 heterocycles. The van der Waals surface area contributed by atoms with Crippen molar-refractivity contribution < 1.29 is 9.18 Å². The molecule has 0 spiro atoms. The summed E-state index contributed by atoms with van der Waals surface area (Å²) in [7, 11) is 0. The summed E-state index contributed by atoms with van der Waals surface area (Å²) < 4.78 is 13.5. The predicted octanol–water partition coefficient (Wildman–Crippen LogP) is 3.54. The van der Waals surface area contributed by atoms with Gasteiger partial charge in [0.25, 0.3) is 5.91 Å². The zero-order valence-corrected chi connectivity index (χ0v) is 10.5. The van der Waals surface area contributed by atoms with E-state index < -0.39 is 5.82 Å². The maximum Gasteiger partial charge on any atom is 0.254 e. The van der Waals surface area contributed by atoms with Gasteiger partial charge in [-0.1, -0.05) is 24.4 Å². The topological polar surface area (TPSA) is 29.1 Å². The molecule has 17 heavy (non-hydrogen) atoms. The molecule has 1 aromatic carbocycles. The maximum atomic E-state index is 13.5. The van der Waals surface area contributed by atoms with E-state index in [0.717, 1.165) is 25.7 Å². The van der Waals surface area contributed by atoms with Crippen LogP contribution >= 0.6 is 11.6 Å². The number of carbonyl (C=O) groups excluding carboxylic acids is 1. The van der Waals surface area contributed by atoms with E-state index in [9.17, 15) is 9.18 Å². The van der Waals surface area contributed by atoms with Crippen LogP contribution in [-0.2, 0) is 0 Å². The molecular weight excluding hydrogens is 241 g/mol. The number of carbonyl (C=O) groups is 1. The normalized spacial score (nSPS) is 18.1. The molecule has 0 unspecified atom stereocenters. The lowest BCUT2D eigenvalue weighted by atomic mass is 10.00. The van der Waals surface area contributed by atoms with Gasteiger partial charge in [-0.2, -0.15) is 0 Å². The summed E-state index contributed by atoms with van der Waals surface area (Å²) in [6, 6.07) is 4.02. The minimum Gasteiger partial charge on any atom is -0.347 e. The van der Waals surface area contributed by atoms with Crippen molar-refractivity contribution in [3.63, 3.8) is 0 Å². The van der Waals surface area contributed by atoms with E-state index in [1.165, 1.54) is 18.2 Å². The number of rotatable bonds is 2. The SMILES string of the molecule is CC1(NC(=O)c2cc(Cl)ccc2F)CCCC1. The van der Waals surface area contributed by atoms with Gasteiger partial charge in [0.2, 0.25) is 0 Å². The van der Waals surface area contributed by atoms with E-state index in [4.69, 9.17) is 11.6 Å². The van der Waals surface area contributed by atoms with Gasteiger partial charge in [-0.3, -0.25) is 4.79 Å². The minimum absolute atomic E-state index is 0.0191. The molecule has 0 aromatic heterocycles. The Bertz CT molecular complexity index is 441. The fourth-order valence-corrected chi connectivity index (χ4v) is 2.47. The first-order valence-corrected chi connectivity index (χ1v) is 6.16. The van der Waals surface area contributed by atoms with Gasteiger partial charge in [0.05, 0.1) is 5.56 Å². The highest BCUT2D eigenvalue weighted by atomic mass is 35.5. The number of halogens is 2. The predicted molar refractivity (Wildman–Crippen MR) is 65.7 cm³/mol. The van der Waals surface area contributed by atoms with Crippen LogP contribution in [0.1, 0.15) is 43.0 Å². The van der Waals surface area contributed by atoms with Gasteiger partial charge in [-0.05, 0) is 38.0 Å². The van der Waals surface area contributed by atoms with Crippen LogP contribution in [0.25, 0.3) is 0 Å². The Kier molecular flexibility index (Phi) is 3.38. The Hall–Kier alpha value is -1.09. The summed E-state index contributed by atoms with van der Waals surface area (Å²) in [4.78, 5) is 12.0. The van der Waals surface area contributed by atoms with Crippen molar-refractivity contribution in [2.24, 2.45) is 0 Å². The highest BCUT2D eigenvalue weighted by Crippen LogP contribution is 2.29. The summed E-state index contributed by atoms with van der Waals surface area (Å²) in [5.74, 6) is -0.914. The van der Waals surface area contributed by atoms with Gasteiger partial charge in [-0.25, -0.2) is 4.39 Å². The number of nitrogens with one attached hydrogen (secondary N) is 1. The van der Waals surface area contributed by atoms with Crippen LogP contribution < -0.4 is 5.32 Å². The number of amides is 1. The largest absolute Gasteiger partial charge is 0.347 e. The summed E-state index contributed by atoms with van der Waals surface area (Å²) >= 11 is 5.77. The lowest BCUT2D eigenvalue weighted by molar-refractivity contribution is 0.0904. The summed E-state index contributed by atoms with van der Waals surface area (Å²) in [6.07, 6.45) is 4.10. The Morgan fingerprint density at radius 2 is 2.06 bits per heavy atom. The number of benzene rings is 1. The van der Waals surface area contributed by atoms with E-state index >= 15 is 0 Å². The third-order valence-electron chi connectivity index (χ3n) is 3.30. The van der Waals surface area contributed by atoms with Gasteiger partial charge in [-0.15, -0.1) is 0 Å². The molecule has 1 aromatic rings. The Morgan fingerprint density at radius 1 is 1.41 bits per heavy atom. The lowest BCUT2D eigenvalue weighted by Gasteiger charge is -2.25. The van der Waals surface area contributed by atoms with Crippen molar-refractivity contribution in [2.45, 2.75) is 38.1 Å². The van der Waals surface area contributed by atoms with Crippen molar-refractivity contribution in [1.82, 2.24) is 5.32 Å². The molecular formula is C13H15ClFNO. The van der Waals surface area contributed by atoms with Crippen LogP contribution in [0, 0.1) is 5.82 Å². The Labute approximate surface area is 105 Å². The third kappa shape index (κ3) is 2.78. The average molecular weight is 256 g/mol. The van der Waals surface area contributed by atoms with Crippen molar-refractivity contribution >= 4 is 17.5 Å². The van der Waals surface area contributed by atoms with Crippen LogP contribution in [0.15, 0.2) is 18.2 Å². The van der Waals surface area contributed by atoms with Gasteiger partial charge in [0.15, 0.2) is 0 Å². The van der Waals surface area contributed by atoms with Gasteiger partial charge >= 0.3 is 0 Å². The van der Waals surface area contributed by atoms with Crippen LogP contribution in [-0.4, -0.2) is 11.4 Å². The molecule has 1 saturated carbocycles. The second-order valence-corrected chi connectivity index (χ2v) is 5.28. The average Bonchev–Trinajstić information content (AvgIpc) is 2.68. The second kappa shape index (κ2) is 4.65. The molecule has 0 saturated heterocycles. The van der Waals surface area contributed by atoms with E-state index in [1.807, 2.05) is 6.92 Å². The highest BCUT2D eigenvalue weighted by Gasteiger charge is 2.31. The molecule has 1 N–H and O–H groups in total. The standard InChI is InChI=1S/C13H15ClFNO/c1-13(6-2-3-7-13)16-12(17)10-8-9(14)4-5-11(10)15/h4-5,8H,2-3,6-7H2,1H3,(H,16,17). The molecule has 1 fully saturated rings. The van der Waals surface area contributed by atoms with Crippen LogP contribution in [0.5, 0.6) is 0 Å². The minimum atomic E-state index is -0.534.